The van der Waals surface area contributed by atoms with Crippen molar-refractivity contribution >= 4 is 16.8 Å². The summed E-state index contributed by atoms with van der Waals surface area (Å²) in [4.78, 5) is 14.5. The monoisotopic (exact) mass is 334 g/mol. The van der Waals surface area contributed by atoms with Crippen molar-refractivity contribution in [1.29, 1.82) is 0 Å². The molecule has 0 saturated carbocycles. The van der Waals surface area contributed by atoms with Crippen molar-refractivity contribution in [3.63, 3.8) is 0 Å². The van der Waals surface area contributed by atoms with E-state index in [1.807, 2.05) is 42.5 Å². The Morgan fingerprint density at radius 2 is 1.68 bits per heavy atom. The number of fused-ring (bicyclic) bond motifs is 1. The van der Waals surface area contributed by atoms with Crippen molar-refractivity contribution in [2.24, 2.45) is 0 Å². The van der Waals surface area contributed by atoms with Crippen LogP contribution in [0.2, 0.25) is 0 Å². The van der Waals surface area contributed by atoms with E-state index in [1.165, 1.54) is 6.07 Å². The van der Waals surface area contributed by atoms with Crippen molar-refractivity contribution in [3.8, 4) is 22.6 Å². The third-order valence-corrected chi connectivity index (χ3v) is 3.88. The molecule has 0 saturated heterocycles. The molecule has 0 N–H and O–H groups in total. The van der Waals surface area contributed by atoms with Crippen molar-refractivity contribution in [3.05, 3.63) is 82.7 Å². The van der Waals surface area contributed by atoms with Crippen molar-refractivity contribution in [2.75, 3.05) is 0 Å². The number of oxazole rings is 1. The van der Waals surface area contributed by atoms with Crippen LogP contribution in [0.4, 0.5) is 10.1 Å². The summed E-state index contributed by atoms with van der Waals surface area (Å²) in [6.07, 6.45) is 0. The molecule has 25 heavy (non-hydrogen) atoms. The van der Waals surface area contributed by atoms with Gasteiger partial charge in [0.2, 0.25) is 11.7 Å². The molecule has 0 fully saturated rings. The molecule has 0 atom stereocenters. The molecule has 0 radical (unpaired) electrons. The van der Waals surface area contributed by atoms with Crippen LogP contribution in [-0.4, -0.2) is 9.91 Å². The number of hydrogen-bond acceptors (Lipinski definition) is 4. The third-order valence-electron chi connectivity index (χ3n) is 3.88. The minimum Gasteiger partial charge on any atom is -0.436 e. The summed E-state index contributed by atoms with van der Waals surface area (Å²) >= 11 is 0. The Balaban J connectivity index is 1.80. The maximum Gasteiger partial charge on any atom is 0.305 e. The summed E-state index contributed by atoms with van der Waals surface area (Å²) in [5.41, 5.74) is 2.96. The summed E-state index contributed by atoms with van der Waals surface area (Å²) in [5.74, 6) is -0.681. The summed E-state index contributed by atoms with van der Waals surface area (Å²) in [7, 11) is 0. The molecule has 0 spiro atoms. The summed E-state index contributed by atoms with van der Waals surface area (Å²) < 4.78 is 19.2. The molecule has 4 rings (SSSR count). The topological polar surface area (TPSA) is 69.2 Å². The molecular weight excluding hydrogens is 323 g/mol. The molecule has 0 aliphatic carbocycles. The van der Waals surface area contributed by atoms with Gasteiger partial charge in [-0.25, -0.2) is 4.98 Å². The van der Waals surface area contributed by atoms with Crippen molar-refractivity contribution < 1.29 is 13.7 Å². The number of halogens is 1. The molecule has 0 aliphatic rings. The van der Waals surface area contributed by atoms with E-state index in [2.05, 4.69) is 4.98 Å². The Bertz CT molecular complexity index is 1090. The quantitative estimate of drug-likeness (QED) is 0.381. The molecule has 0 amide bonds. The third kappa shape index (κ3) is 2.74. The van der Waals surface area contributed by atoms with Gasteiger partial charge in [-0.2, -0.15) is 4.39 Å². The lowest BCUT2D eigenvalue weighted by Gasteiger charge is -1.99. The number of nitro groups is 1. The van der Waals surface area contributed by atoms with Crippen LogP contribution < -0.4 is 0 Å². The molecule has 6 heteroatoms. The second-order valence-corrected chi connectivity index (χ2v) is 5.49. The Morgan fingerprint density at radius 1 is 0.920 bits per heavy atom. The summed E-state index contributed by atoms with van der Waals surface area (Å²) in [5, 5.41) is 10.9. The molecule has 1 heterocycles. The van der Waals surface area contributed by atoms with E-state index in [0.717, 1.165) is 23.3 Å². The van der Waals surface area contributed by atoms with Crippen LogP contribution in [0.25, 0.3) is 33.7 Å². The highest BCUT2D eigenvalue weighted by molar-refractivity contribution is 5.82. The molecule has 4 aromatic rings. The van der Waals surface area contributed by atoms with Crippen LogP contribution in [0.1, 0.15) is 0 Å². The lowest BCUT2D eigenvalue weighted by atomic mass is 10.1. The number of hydrogen-bond donors (Lipinski definition) is 0. The van der Waals surface area contributed by atoms with Gasteiger partial charge in [-0.15, -0.1) is 0 Å². The number of rotatable bonds is 3. The first-order valence-electron chi connectivity index (χ1n) is 7.52. The maximum absolute atomic E-state index is 13.5. The Labute approximate surface area is 141 Å². The van der Waals surface area contributed by atoms with Crippen LogP contribution in [-0.2, 0) is 0 Å². The molecule has 0 aliphatic heterocycles. The lowest BCUT2D eigenvalue weighted by molar-refractivity contribution is -0.387. The van der Waals surface area contributed by atoms with E-state index in [4.69, 9.17) is 4.42 Å². The fourth-order valence-corrected chi connectivity index (χ4v) is 2.65. The van der Waals surface area contributed by atoms with Gasteiger partial charge in [0.15, 0.2) is 5.58 Å². The van der Waals surface area contributed by atoms with Gasteiger partial charge in [-0.05, 0) is 35.4 Å². The maximum atomic E-state index is 13.5. The predicted molar refractivity (Wildman–Crippen MR) is 91.5 cm³/mol. The van der Waals surface area contributed by atoms with Crippen LogP contribution >= 0.6 is 0 Å². The zero-order chi connectivity index (χ0) is 17.4. The average molecular weight is 334 g/mol. The highest BCUT2D eigenvalue weighted by atomic mass is 19.1. The van der Waals surface area contributed by atoms with Crippen LogP contribution in [0.5, 0.6) is 0 Å². The summed E-state index contributed by atoms with van der Waals surface area (Å²) in [6.45, 7) is 0. The van der Waals surface area contributed by atoms with Crippen LogP contribution in [0.15, 0.2) is 71.1 Å². The van der Waals surface area contributed by atoms with Gasteiger partial charge in [-0.1, -0.05) is 36.4 Å². The van der Waals surface area contributed by atoms with E-state index >= 15 is 0 Å². The van der Waals surface area contributed by atoms with Gasteiger partial charge in [0.05, 0.1) is 4.92 Å². The van der Waals surface area contributed by atoms with Gasteiger partial charge in [0, 0.05) is 11.6 Å². The van der Waals surface area contributed by atoms with E-state index in [-0.39, 0.29) is 5.89 Å². The van der Waals surface area contributed by atoms with E-state index in [9.17, 15) is 14.5 Å². The molecular formula is C19H11FN2O3. The highest BCUT2D eigenvalue weighted by Crippen LogP contribution is 2.30. The van der Waals surface area contributed by atoms with Gasteiger partial charge in [0.25, 0.3) is 0 Å². The molecule has 1 aromatic heterocycles. The molecule has 5 nitrogen and oxygen atoms in total. The molecule has 0 unspecified atom stereocenters. The number of aromatic nitrogens is 1. The number of nitro benzene ring substituents is 1. The Morgan fingerprint density at radius 3 is 2.44 bits per heavy atom. The van der Waals surface area contributed by atoms with Gasteiger partial charge in [0.1, 0.15) is 5.52 Å². The van der Waals surface area contributed by atoms with E-state index in [1.54, 1.807) is 6.07 Å². The first-order valence-corrected chi connectivity index (χ1v) is 7.52. The lowest BCUT2D eigenvalue weighted by Crippen LogP contribution is -1.92. The Kier molecular flexibility index (Phi) is 3.50. The fraction of sp³-hybridized carbons (Fsp3) is 0. The first-order chi connectivity index (χ1) is 12.1. The SMILES string of the molecule is O=[N+]([O-])c1cc(-c2nc3cc(-c4ccccc4)ccc3o2)ccc1F. The standard InChI is InChI=1S/C19H11FN2O3/c20-15-8-6-14(11-17(15)22(23)24)19-21-16-10-13(7-9-18(16)25-19)12-4-2-1-3-5-12/h1-11H. The number of benzene rings is 3. The highest BCUT2D eigenvalue weighted by Gasteiger charge is 2.17. The zero-order valence-corrected chi connectivity index (χ0v) is 12.8. The van der Waals surface area contributed by atoms with Crippen molar-refractivity contribution in [1.82, 2.24) is 4.98 Å². The summed E-state index contributed by atoms with van der Waals surface area (Å²) in [6, 6.07) is 19.0. The second kappa shape index (κ2) is 5.83. The van der Waals surface area contributed by atoms with E-state index in [0.29, 0.717) is 16.7 Å². The molecule has 0 bridgehead atoms. The van der Waals surface area contributed by atoms with Crippen molar-refractivity contribution in [2.45, 2.75) is 0 Å². The van der Waals surface area contributed by atoms with Gasteiger partial charge in [-0.3, -0.25) is 10.1 Å². The second-order valence-electron chi connectivity index (χ2n) is 5.49. The van der Waals surface area contributed by atoms with Crippen LogP contribution in [0.3, 0.4) is 0 Å². The molecule has 3 aromatic carbocycles. The Hall–Kier alpha value is -3.54. The van der Waals surface area contributed by atoms with Gasteiger partial charge < -0.3 is 4.42 Å². The van der Waals surface area contributed by atoms with Crippen LogP contribution in [0, 0.1) is 15.9 Å². The first kappa shape index (κ1) is 15.0. The number of nitrogens with zero attached hydrogens (tertiary/aromatic N) is 2. The smallest absolute Gasteiger partial charge is 0.305 e. The largest absolute Gasteiger partial charge is 0.436 e. The van der Waals surface area contributed by atoms with Gasteiger partial charge >= 0.3 is 5.69 Å². The average Bonchev–Trinajstić information content (AvgIpc) is 3.05. The van der Waals surface area contributed by atoms with E-state index < -0.39 is 16.4 Å². The minimum absolute atomic E-state index is 0.211. The zero-order valence-electron chi connectivity index (χ0n) is 12.8. The normalized spacial score (nSPS) is 10.9. The predicted octanol–water partition coefficient (Wildman–Crippen LogP) is 5.21. The minimum atomic E-state index is -0.892. The molecule has 122 valence electrons. The fourth-order valence-electron chi connectivity index (χ4n) is 2.65.